The lowest BCUT2D eigenvalue weighted by Gasteiger charge is -2.31. The maximum absolute atomic E-state index is 12.3. The molecule has 1 saturated heterocycles. The average Bonchev–Trinajstić information content (AvgIpc) is 2.47. The SMILES string of the molecule is NC1(C(=O)Nc2ccccc2OCC(=O)O)CCOCC1. The molecule has 7 heteroatoms. The number of hydrogen-bond donors (Lipinski definition) is 3. The van der Waals surface area contributed by atoms with Crippen molar-refractivity contribution in [3.63, 3.8) is 0 Å². The molecule has 0 spiro atoms. The van der Waals surface area contributed by atoms with E-state index >= 15 is 0 Å². The van der Waals surface area contributed by atoms with Crippen molar-refractivity contribution in [2.75, 3.05) is 25.1 Å². The van der Waals surface area contributed by atoms with Gasteiger partial charge in [-0.25, -0.2) is 4.79 Å². The molecule has 1 aromatic rings. The van der Waals surface area contributed by atoms with Crippen LogP contribution in [0, 0.1) is 0 Å². The van der Waals surface area contributed by atoms with Gasteiger partial charge in [-0.05, 0) is 25.0 Å². The molecule has 0 atom stereocenters. The van der Waals surface area contributed by atoms with Gasteiger partial charge in [-0.3, -0.25) is 4.79 Å². The lowest BCUT2D eigenvalue weighted by atomic mass is 9.90. The van der Waals surface area contributed by atoms with Crippen molar-refractivity contribution in [1.29, 1.82) is 0 Å². The molecule has 7 nitrogen and oxygen atoms in total. The van der Waals surface area contributed by atoms with E-state index in [1.165, 1.54) is 0 Å². The van der Waals surface area contributed by atoms with Gasteiger partial charge in [0, 0.05) is 13.2 Å². The molecule has 2 rings (SSSR count). The van der Waals surface area contributed by atoms with Crippen molar-refractivity contribution in [2.24, 2.45) is 5.73 Å². The van der Waals surface area contributed by atoms with Gasteiger partial charge in [-0.15, -0.1) is 0 Å². The molecule has 114 valence electrons. The summed E-state index contributed by atoms with van der Waals surface area (Å²) in [6.07, 6.45) is 0.883. The Hall–Kier alpha value is -2.12. The largest absolute Gasteiger partial charge is 0.480 e. The van der Waals surface area contributed by atoms with Crippen LogP contribution < -0.4 is 15.8 Å². The molecule has 1 heterocycles. The molecule has 1 aliphatic heterocycles. The minimum Gasteiger partial charge on any atom is -0.480 e. The maximum Gasteiger partial charge on any atom is 0.341 e. The van der Waals surface area contributed by atoms with Crippen LogP contribution in [0.5, 0.6) is 5.75 Å². The Morgan fingerprint density at radius 3 is 2.67 bits per heavy atom. The highest BCUT2D eigenvalue weighted by Gasteiger charge is 2.36. The molecule has 0 bridgehead atoms. The number of rotatable bonds is 5. The zero-order chi connectivity index (χ0) is 15.3. The van der Waals surface area contributed by atoms with E-state index in [-0.39, 0.29) is 5.91 Å². The predicted molar refractivity (Wildman–Crippen MR) is 75.2 cm³/mol. The van der Waals surface area contributed by atoms with Crippen molar-refractivity contribution in [2.45, 2.75) is 18.4 Å². The van der Waals surface area contributed by atoms with Crippen LogP contribution in [0.15, 0.2) is 24.3 Å². The summed E-state index contributed by atoms with van der Waals surface area (Å²) in [6.45, 7) is 0.413. The van der Waals surface area contributed by atoms with Crippen LogP contribution >= 0.6 is 0 Å². The number of carboxylic acid groups (broad SMARTS) is 1. The Bertz CT molecular complexity index is 526. The molecule has 21 heavy (non-hydrogen) atoms. The number of carbonyl (C=O) groups is 2. The van der Waals surface area contributed by atoms with Crippen molar-refractivity contribution in [3.8, 4) is 5.75 Å². The molecule has 0 saturated carbocycles. The Morgan fingerprint density at radius 2 is 2.00 bits per heavy atom. The Morgan fingerprint density at radius 1 is 1.33 bits per heavy atom. The van der Waals surface area contributed by atoms with E-state index < -0.39 is 18.1 Å². The van der Waals surface area contributed by atoms with Crippen LogP contribution in [0.1, 0.15) is 12.8 Å². The third-order valence-electron chi connectivity index (χ3n) is 3.32. The lowest BCUT2D eigenvalue weighted by Crippen LogP contribution is -2.54. The minimum absolute atomic E-state index is 0.295. The Labute approximate surface area is 122 Å². The fourth-order valence-corrected chi connectivity index (χ4v) is 2.04. The molecule has 1 fully saturated rings. The number of amides is 1. The quantitative estimate of drug-likeness (QED) is 0.733. The summed E-state index contributed by atoms with van der Waals surface area (Å²) in [5, 5.41) is 11.4. The number of nitrogens with one attached hydrogen (secondary N) is 1. The zero-order valence-electron chi connectivity index (χ0n) is 11.5. The molecule has 0 radical (unpaired) electrons. The molecule has 0 unspecified atom stereocenters. The number of benzene rings is 1. The average molecular weight is 294 g/mol. The summed E-state index contributed by atoms with van der Waals surface area (Å²) in [4.78, 5) is 22.9. The fourth-order valence-electron chi connectivity index (χ4n) is 2.04. The highest BCUT2D eigenvalue weighted by atomic mass is 16.5. The Kier molecular flexibility index (Phi) is 4.77. The van der Waals surface area contributed by atoms with E-state index in [0.717, 1.165) is 0 Å². The van der Waals surface area contributed by atoms with E-state index in [1.54, 1.807) is 24.3 Å². The molecule has 1 aliphatic rings. The van der Waals surface area contributed by atoms with Crippen LogP contribution in [0.2, 0.25) is 0 Å². The van der Waals surface area contributed by atoms with Crippen molar-refractivity contribution in [1.82, 2.24) is 0 Å². The second-order valence-electron chi connectivity index (χ2n) is 4.90. The van der Waals surface area contributed by atoms with Gasteiger partial charge < -0.3 is 25.6 Å². The van der Waals surface area contributed by atoms with Crippen LogP contribution in [0.25, 0.3) is 0 Å². The molecule has 1 amide bonds. The number of carboxylic acids is 1. The van der Waals surface area contributed by atoms with Crippen LogP contribution in [-0.4, -0.2) is 42.3 Å². The van der Waals surface area contributed by atoms with Crippen LogP contribution in [-0.2, 0) is 14.3 Å². The standard InChI is InChI=1S/C14H18N2O5/c15-14(5-7-20-8-6-14)13(19)16-10-3-1-2-4-11(10)21-9-12(17)18/h1-4H,5-9,15H2,(H,16,19)(H,17,18). The van der Waals surface area contributed by atoms with E-state index in [2.05, 4.69) is 5.32 Å². The van der Waals surface area contributed by atoms with E-state index in [1.807, 2.05) is 0 Å². The van der Waals surface area contributed by atoms with Crippen molar-refractivity contribution in [3.05, 3.63) is 24.3 Å². The molecule has 0 aliphatic carbocycles. The first-order chi connectivity index (χ1) is 10.0. The number of anilines is 1. The first kappa shape index (κ1) is 15.3. The maximum atomic E-state index is 12.3. The molecular formula is C14H18N2O5. The van der Waals surface area contributed by atoms with Crippen molar-refractivity contribution >= 4 is 17.6 Å². The highest BCUT2D eigenvalue weighted by molar-refractivity contribution is 5.99. The third kappa shape index (κ3) is 3.93. The van der Waals surface area contributed by atoms with E-state index in [9.17, 15) is 9.59 Å². The number of aliphatic carboxylic acids is 1. The highest BCUT2D eigenvalue weighted by Crippen LogP contribution is 2.26. The van der Waals surface area contributed by atoms with Gasteiger partial charge in [-0.2, -0.15) is 0 Å². The molecule has 4 N–H and O–H groups in total. The first-order valence-corrected chi connectivity index (χ1v) is 6.63. The summed E-state index contributed by atoms with van der Waals surface area (Å²) < 4.78 is 10.3. The van der Waals surface area contributed by atoms with Gasteiger partial charge in [0.25, 0.3) is 0 Å². The molecular weight excluding hydrogens is 276 g/mol. The van der Waals surface area contributed by atoms with E-state index in [4.69, 9.17) is 20.3 Å². The van der Waals surface area contributed by atoms with Crippen LogP contribution in [0.4, 0.5) is 5.69 Å². The predicted octanol–water partition coefficient (Wildman–Crippen LogP) is 0.596. The normalized spacial score (nSPS) is 17.0. The molecule has 0 aromatic heterocycles. The second-order valence-corrected chi connectivity index (χ2v) is 4.90. The summed E-state index contributed by atoms with van der Waals surface area (Å²) in [7, 11) is 0. The summed E-state index contributed by atoms with van der Waals surface area (Å²) in [5.74, 6) is -1.11. The van der Waals surface area contributed by atoms with Gasteiger partial charge in [0.15, 0.2) is 6.61 Å². The third-order valence-corrected chi connectivity index (χ3v) is 3.32. The van der Waals surface area contributed by atoms with Gasteiger partial charge in [0.05, 0.1) is 5.69 Å². The van der Waals surface area contributed by atoms with Gasteiger partial charge in [0.2, 0.25) is 5.91 Å². The summed E-state index contributed by atoms with van der Waals surface area (Å²) >= 11 is 0. The van der Waals surface area contributed by atoms with Crippen LogP contribution in [0.3, 0.4) is 0 Å². The Balaban J connectivity index is 2.08. The topological polar surface area (TPSA) is 111 Å². The fraction of sp³-hybridized carbons (Fsp3) is 0.429. The van der Waals surface area contributed by atoms with Gasteiger partial charge >= 0.3 is 5.97 Å². The number of para-hydroxylation sites is 2. The smallest absolute Gasteiger partial charge is 0.341 e. The first-order valence-electron chi connectivity index (χ1n) is 6.63. The summed E-state index contributed by atoms with van der Waals surface area (Å²) in [5.41, 5.74) is 5.52. The monoisotopic (exact) mass is 294 g/mol. The minimum atomic E-state index is -1.09. The molecule has 1 aromatic carbocycles. The van der Waals surface area contributed by atoms with E-state index in [0.29, 0.717) is 37.5 Å². The second kappa shape index (κ2) is 6.55. The number of carbonyl (C=O) groups excluding carboxylic acids is 1. The van der Waals surface area contributed by atoms with Gasteiger partial charge in [-0.1, -0.05) is 12.1 Å². The number of ether oxygens (including phenoxy) is 2. The zero-order valence-corrected chi connectivity index (χ0v) is 11.5. The van der Waals surface area contributed by atoms with Crippen molar-refractivity contribution < 1.29 is 24.2 Å². The summed E-state index contributed by atoms with van der Waals surface area (Å²) in [6, 6.07) is 6.64. The van der Waals surface area contributed by atoms with Gasteiger partial charge in [0.1, 0.15) is 11.3 Å². The number of hydrogen-bond acceptors (Lipinski definition) is 5. The lowest BCUT2D eigenvalue weighted by molar-refractivity contribution is -0.139. The number of nitrogens with two attached hydrogens (primary N) is 1.